The lowest BCUT2D eigenvalue weighted by atomic mass is 9.92. The van der Waals surface area contributed by atoms with Gasteiger partial charge in [0.25, 0.3) is 5.91 Å². The molecule has 0 radical (unpaired) electrons. The standard InChI is InChI=1S/C22H23N3O/c1-16-6-2-8-18(24-16)14-17-7-5-13-25(15-17)22(26)20-9-3-11-21-19(20)10-4-12-23-21/h2-4,6,8-12,17H,5,7,13-15H2,1H3/t17-/m0/s1. The quantitative estimate of drug-likeness (QED) is 0.720. The Morgan fingerprint density at radius 2 is 2.04 bits per heavy atom. The zero-order valence-electron chi connectivity index (χ0n) is 15.1. The first-order valence-electron chi connectivity index (χ1n) is 9.26. The second-order valence-corrected chi connectivity index (χ2v) is 7.11. The number of hydrogen-bond acceptors (Lipinski definition) is 3. The van der Waals surface area contributed by atoms with Crippen molar-refractivity contribution in [3.05, 3.63) is 71.7 Å². The lowest BCUT2D eigenvalue weighted by molar-refractivity contribution is 0.0674. The van der Waals surface area contributed by atoms with Gasteiger partial charge >= 0.3 is 0 Å². The molecule has 4 nitrogen and oxygen atoms in total. The molecule has 0 saturated carbocycles. The number of amides is 1. The molecular formula is C22H23N3O. The van der Waals surface area contributed by atoms with Crippen molar-refractivity contribution in [2.45, 2.75) is 26.2 Å². The van der Waals surface area contributed by atoms with E-state index >= 15 is 0 Å². The number of aromatic nitrogens is 2. The van der Waals surface area contributed by atoms with Gasteiger partial charge in [0.15, 0.2) is 0 Å². The van der Waals surface area contributed by atoms with Gasteiger partial charge in [-0.3, -0.25) is 14.8 Å². The van der Waals surface area contributed by atoms with Crippen LogP contribution in [0.1, 0.15) is 34.6 Å². The van der Waals surface area contributed by atoms with E-state index in [0.717, 1.165) is 60.2 Å². The number of piperidine rings is 1. The molecule has 0 aliphatic carbocycles. The molecule has 1 saturated heterocycles. The summed E-state index contributed by atoms with van der Waals surface area (Å²) < 4.78 is 0. The molecule has 26 heavy (non-hydrogen) atoms. The van der Waals surface area contributed by atoms with Crippen LogP contribution in [0.5, 0.6) is 0 Å². The maximum absolute atomic E-state index is 13.1. The number of fused-ring (bicyclic) bond motifs is 1. The third-order valence-electron chi connectivity index (χ3n) is 5.13. The number of rotatable bonds is 3. The van der Waals surface area contributed by atoms with E-state index in [2.05, 4.69) is 22.1 Å². The molecule has 3 heterocycles. The highest BCUT2D eigenvalue weighted by atomic mass is 16.2. The second kappa shape index (κ2) is 7.24. The molecule has 1 amide bonds. The fraction of sp³-hybridized carbons (Fsp3) is 0.318. The number of benzene rings is 1. The molecule has 4 rings (SSSR count). The van der Waals surface area contributed by atoms with Crippen LogP contribution >= 0.6 is 0 Å². The molecule has 2 aromatic heterocycles. The molecular weight excluding hydrogens is 322 g/mol. The van der Waals surface area contributed by atoms with Crippen molar-refractivity contribution >= 4 is 16.8 Å². The summed E-state index contributed by atoms with van der Waals surface area (Å²) in [5.41, 5.74) is 3.80. The van der Waals surface area contributed by atoms with Crippen LogP contribution in [-0.2, 0) is 6.42 Å². The zero-order chi connectivity index (χ0) is 17.9. The fourth-order valence-electron chi connectivity index (χ4n) is 3.89. The summed E-state index contributed by atoms with van der Waals surface area (Å²) >= 11 is 0. The lowest BCUT2D eigenvalue weighted by Crippen LogP contribution is -2.40. The molecule has 4 heteroatoms. The Morgan fingerprint density at radius 3 is 2.92 bits per heavy atom. The van der Waals surface area contributed by atoms with E-state index < -0.39 is 0 Å². The number of pyridine rings is 2. The normalized spacial score (nSPS) is 17.4. The Bertz CT molecular complexity index is 932. The summed E-state index contributed by atoms with van der Waals surface area (Å²) in [5.74, 6) is 0.584. The Hall–Kier alpha value is -2.75. The van der Waals surface area contributed by atoms with Gasteiger partial charge in [0, 0.05) is 41.6 Å². The number of carbonyl (C=O) groups is 1. The van der Waals surface area contributed by atoms with Crippen LogP contribution in [0.15, 0.2) is 54.7 Å². The van der Waals surface area contributed by atoms with Crippen LogP contribution in [0.25, 0.3) is 10.9 Å². The third-order valence-corrected chi connectivity index (χ3v) is 5.13. The number of likely N-dealkylation sites (tertiary alicyclic amines) is 1. The molecule has 1 aromatic carbocycles. The van der Waals surface area contributed by atoms with Crippen molar-refractivity contribution in [2.75, 3.05) is 13.1 Å². The first-order valence-corrected chi connectivity index (χ1v) is 9.26. The molecule has 3 aromatic rings. The Labute approximate surface area is 153 Å². The minimum atomic E-state index is 0.116. The van der Waals surface area contributed by atoms with Gasteiger partial charge in [0.05, 0.1) is 5.52 Å². The van der Waals surface area contributed by atoms with Gasteiger partial charge in [-0.1, -0.05) is 18.2 Å². The summed E-state index contributed by atoms with van der Waals surface area (Å²) in [4.78, 5) is 24.1. The van der Waals surface area contributed by atoms with Crippen LogP contribution < -0.4 is 0 Å². The van der Waals surface area contributed by atoms with Gasteiger partial charge in [-0.2, -0.15) is 0 Å². The fourth-order valence-corrected chi connectivity index (χ4v) is 3.89. The molecule has 0 bridgehead atoms. The van der Waals surface area contributed by atoms with Gasteiger partial charge in [-0.25, -0.2) is 0 Å². The molecule has 0 N–H and O–H groups in total. The molecule has 0 spiro atoms. The first-order chi connectivity index (χ1) is 12.7. The predicted molar refractivity (Wildman–Crippen MR) is 103 cm³/mol. The van der Waals surface area contributed by atoms with E-state index in [0.29, 0.717) is 5.92 Å². The number of hydrogen-bond donors (Lipinski definition) is 0. The molecule has 1 aliphatic rings. The monoisotopic (exact) mass is 345 g/mol. The van der Waals surface area contributed by atoms with E-state index in [4.69, 9.17) is 0 Å². The lowest BCUT2D eigenvalue weighted by Gasteiger charge is -2.33. The average Bonchev–Trinajstić information content (AvgIpc) is 2.67. The van der Waals surface area contributed by atoms with Crippen LogP contribution in [0.4, 0.5) is 0 Å². The van der Waals surface area contributed by atoms with Crippen molar-refractivity contribution in [3.63, 3.8) is 0 Å². The van der Waals surface area contributed by atoms with Crippen LogP contribution in [0, 0.1) is 12.8 Å². The van der Waals surface area contributed by atoms with E-state index in [1.807, 2.05) is 48.2 Å². The Morgan fingerprint density at radius 1 is 1.15 bits per heavy atom. The van der Waals surface area contributed by atoms with Crippen molar-refractivity contribution in [3.8, 4) is 0 Å². The van der Waals surface area contributed by atoms with Crippen LogP contribution in [-0.4, -0.2) is 33.9 Å². The van der Waals surface area contributed by atoms with Gasteiger partial charge in [-0.05, 0) is 62.4 Å². The van der Waals surface area contributed by atoms with Crippen LogP contribution in [0.3, 0.4) is 0 Å². The topological polar surface area (TPSA) is 46.1 Å². The van der Waals surface area contributed by atoms with E-state index in [-0.39, 0.29) is 5.91 Å². The van der Waals surface area contributed by atoms with E-state index in [1.165, 1.54) is 0 Å². The minimum absolute atomic E-state index is 0.116. The third kappa shape index (κ3) is 3.45. The number of carbonyl (C=O) groups excluding carboxylic acids is 1. The van der Waals surface area contributed by atoms with E-state index in [9.17, 15) is 4.79 Å². The Kier molecular flexibility index (Phi) is 4.65. The van der Waals surface area contributed by atoms with Crippen LogP contribution in [0.2, 0.25) is 0 Å². The van der Waals surface area contributed by atoms with Crippen molar-refractivity contribution in [1.82, 2.24) is 14.9 Å². The summed E-state index contributed by atoms with van der Waals surface area (Å²) in [5, 5.41) is 0.933. The largest absolute Gasteiger partial charge is 0.338 e. The first kappa shape index (κ1) is 16.7. The predicted octanol–water partition coefficient (Wildman–Crippen LogP) is 4.03. The summed E-state index contributed by atoms with van der Waals surface area (Å²) in [6, 6.07) is 15.8. The van der Waals surface area contributed by atoms with Crippen molar-refractivity contribution in [1.29, 1.82) is 0 Å². The maximum Gasteiger partial charge on any atom is 0.254 e. The van der Waals surface area contributed by atoms with Gasteiger partial charge in [0.2, 0.25) is 0 Å². The van der Waals surface area contributed by atoms with Gasteiger partial charge < -0.3 is 4.90 Å². The summed E-state index contributed by atoms with van der Waals surface area (Å²) in [7, 11) is 0. The SMILES string of the molecule is Cc1cccc(C[C@@H]2CCCN(C(=O)c3cccc4ncccc34)C2)n1. The number of aryl methyl sites for hydroxylation is 1. The minimum Gasteiger partial charge on any atom is -0.338 e. The smallest absolute Gasteiger partial charge is 0.254 e. The molecule has 1 atom stereocenters. The molecule has 1 fully saturated rings. The van der Waals surface area contributed by atoms with Gasteiger partial charge in [0.1, 0.15) is 0 Å². The highest BCUT2D eigenvalue weighted by Crippen LogP contribution is 2.24. The zero-order valence-corrected chi connectivity index (χ0v) is 15.1. The maximum atomic E-state index is 13.1. The number of nitrogens with zero attached hydrogens (tertiary/aromatic N) is 3. The molecule has 0 unspecified atom stereocenters. The molecule has 132 valence electrons. The molecule has 1 aliphatic heterocycles. The highest BCUT2D eigenvalue weighted by molar-refractivity contribution is 6.06. The van der Waals surface area contributed by atoms with E-state index in [1.54, 1.807) is 6.20 Å². The van der Waals surface area contributed by atoms with Crippen molar-refractivity contribution in [2.24, 2.45) is 5.92 Å². The summed E-state index contributed by atoms with van der Waals surface area (Å²) in [6.07, 6.45) is 4.90. The summed E-state index contributed by atoms with van der Waals surface area (Å²) in [6.45, 7) is 3.65. The Balaban J connectivity index is 1.53. The van der Waals surface area contributed by atoms with Gasteiger partial charge in [-0.15, -0.1) is 0 Å². The highest BCUT2D eigenvalue weighted by Gasteiger charge is 2.25. The average molecular weight is 345 g/mol. The van der Waals surface area contributed by atoms with Crippen molar-refractivity contribution < 1.29 is 4.79 Å². The second-order valence-electron chi connectivity index (χ2n) is 7.11.